The van der Waals surface area contributed by atoms with E-state index in [1.54, 1.807) is 12.1 Å². The Morgan fingerprint density at radius 3 is 2.50 bits per heavy atom. The molecule has 0 fully saturated rings. The number of hydrogen-bond acceptors (Lipinski definition) is 4. The van der Waals surface area contributed by atoms with Gasteiger partial charge in [-0.1, -0.05) is 30.3 Å². The van der Waals surface area contributed by atoms with Gasteiger partial charge in [-0.15, -0.1) is 0 Å². The summed E-state index contributed by atoms with van der Waals surface area (Å²) in [6.07, 6.45) is 2.07. The summed E-state index contributed by atoms with van der Waals surface area (Å²) in [7, 11) is 0. The molecule has 0 saturated carbocycles. The maximum absolute atomic E-state index is 12.1. The van der Waals surface area contributed by atoms with E-state index in [1.165, 1.54) is 0 Å². The molecule has 2 aromatic carbocycles. The van der Waals surface area contributed by atoms with Gasteiger partial charge in [0, 0.05) is 24.1 Å². The number of unbranched alkanes of at least 4 members (excludes halogenated alkanes) is 1. The molecular weight excluding hydrogens is 354 g/mol. The van der Waals surface area contributed by atoms with Gasteiger partial charge < -0.3 is 10.4 Å². The Labute approximate surface area is 163 Å². The molecule has 2 N–H and O–H groups in total. The van der Waals surface area contributed by atoms with Crippen molar-refractivity contribution < 1.29 is 14.7 Å². The lowest BCUT2D eigenvalue weighted by molar-refractivity contribution is -0.137. The van der Waals surface area contributed by atoms with Gasteiger partial charge in [-0.25, -0.2) is 9.97 Å². The third-order valence-corrected chi connectivity index (χ3v) is 4.44. The molecule has 6 heteroatoms. The zero-order chi connectivity index (χ0) is 19.9. The Morgan fingerprint density at radius 2 is 1.79 bits per heavy atom. The number of rotatable bonds is 8. The number of fused-ring (bicyclic) bond motifs is 1. The van der Waals surface area contributed by atoms with E-state index < -0.39 is 5.97 Å². The Morgan fingerprint density at radius 1 is 1.00 bits per heavy atom. The lowest BCUT2D eigenvalue weighted by Gasteiger charge is -2.11. The van der Waals surface area contributed by atoms with Crippen LogP contribution in [0.5, 0.6) is 0 Å². The molecule has 1 aromatic heterocycles. The van der Waals surface area contributed by atoms with E-state index in [0.29, 0.717) is 36.9 Å². The quantitative estimate of drug-likeness (QED) is 0.582. The van der Waals surface area contributed by atoms with Gasteiger partial charge in [0.2, 0.25) is 0 Å². The molecule has 6 nitrogen and oxygen atoms in total. The largest absolute Gasteiger partial charge is 0.481 e. The molecule has 1 heterocycles. The summed E-state index contributed by atoms with van der Waals surface area (Å²) >= 11 is 0. The highest BCUT2D eigenvalue weighted by Gasteiger charge is 2.13. The Hall–Kier alpha value is -3.28. The number of carboxylic acid groups (broad SMARTS) is 1. The second-order valence-corrected chi connectivity index (χ2v) is 6.55. The van der Waals surface area contributed by atoms with E-state index in [1.807, 2.05) is 43.3 Å². The van der Waals surface area contributed by atoms with Crippen molar-refractivity contribution >= 4 is 22.9 Å². The van der Waals surface area contributed by atoms with Crippen LogP contribution in [0.4, 0.5) is 0 Å². The molecule has 0 saturated heterocycles. The number of benzene rings is 2. The maximum Gasteiger partial charge on any atom is 0.303 e. The summed E-state index contributed by atoms with van der Waals surface area (Å²) in [5.41, 5.74) is 4.52. The molecule has 0 bridgehead atoms. The number of carbonyl (C=O) groups is 2. The van der Waals surface area contributed by atoms with Crippen molar-refractivity contribution in [3.05, 3.63) is 59.8 Å². The number of aromatic nitrogens is 2. The van der Waals surface area contributed by atoms with Crippen LogP contribution < -0.4 is 5.32 Å². The lowest BCUT2D eigenvalue weighted by atomic mass is 10.0. The van der Waals surface area contributed by atoms with Crippen molar-refractivity contribution in [2.24, 2.45) is 0 Å². The summed E-state index contributed by atoms with van der Waals surface area (Å²) in [5.74, 6) is -0.930. The molecule has 0 radical (unpaired) electrons. The number of carboxylic acids is 1. The van der Waals surface area contributed by atoms with Gasteiger partial charge in [-0.3, -0.25) is 9.59 Å². The summed E-state index contributed by atoms with van der Waals surface area (Å²) < 4.78 is 0. The first-order valence-electron chi connectivity index (χ1n) is 9.44. The SMILES string of the molecule is CCNC(=O)c1ccc2nc(-c3ccccc3)c(CCCCC(=O)O)nc2c1. The predicted molar refractivity (Wildman–Crippen MR) is 108 cm³/mol. The lowest BCUT2D eigenvalue weighted by Crippen LogP contribution is -2.22. The summed E-state index contributed by atoms with van der Waals surface area (Å²) in [6, 6.07) is 15.1. The summed E-state index contributed by atoms with van der Waals surface area (Å²) in [4.78, 5) is 32.5. The van der Waals surface area contributed by atoms with E-state index in [-0.39, 0.29) is 12.3 Å². The molecular formula is C22H23N3O3. The van der Waals surface area contributed by atoms with Gasteiger partial charge in [0.15, 0.2) is 0 Å². The number of amides is 1. The smallest absolute Gasteiger partial charge is 0.303 e. The first kappa shape index (κ1) is 19.5. The topological polar surface area (TPSA) is 92.2 Å². The first-order valence-corrected chi connectivity index (χ1v) is 9.44. The molecule has 3 rings (SSSR count). The number of aliphatic carboxylic acids is 1. The van der Waals surface area contributed by atoms with Gasteiger partial charge in [0.25, 0.3) is 5.91 Å². The number of hydrogen-bond donors (Lipinski definition) is 2. The fourth-order valence-electron chi connectivity index (χ4n) is 3.06. The summed E-state index contributed by atoms with van der Waals surface area (Å²) in [6.45, 7) is 2.43. The highest BCUT2D eigenvalue weighted by atomic mass is 16.4. The third kappa shape index (κ3) is 4.71. The fourth-order valence-corrected chi connectivity index (χ4v) is 3.06. The molecule has 28 heavy (non-hydrogen) atoms. The molecule has 0 aliphatic heterocycles. The van der Waals surface area contributed by atoms with Crippen LogP contribution in [0.15, 0.2) is 48.5 Å². The second-order valence-electron chi connectivity index (χ2n) is 6.55. The van der Waals surface area contributed by atoms with Gasteiger partial charge in [0.1, 0.15) is 0 Å². The van der Waals surface area contributed by atoms with Crippen LogP contribution in [0.2, 0.25) is 0 Å². The van der Waals surface area contributed by atoms with Crippen LogP contribution in [0.25, 0.3) is 22.3 Å². The van der Waals surface area contributed by atoms with E-state index >= 15 is 0 Å². The average molecular weight is 377 g/mol. The van der Waals surface area contributed by atoms with E-state index in [0.717, 1.165) is 22.5 Å². The summed E-state index contributed by atoms with van der Waals surface area (Å²) in [5, 5.41) is 11.6. The minimum absolute atomic E-state index is 0.138. The minimum atomic E-state index is -0.792. The van der Waals surface area contributed by atoms with Gasteiger partial charge in [0.05, 0.1) is 22.4 Å². The van der Waals surface area contributed by atoms with Gasteiger partial charge in [-0.2, -0.15) is 0 Å². The van der Waals surface area contributed by atoms with Crippen molar-refractivity contribution in [1.29, 1.82) is 0 Å². The number of aryl methyl sites for hydroxylation is 1. The van der Waals surface area contributed by atoms with Crippen LogP contribution in [0, 0.1) is 0 Å². The number of carbonyl (C=O) groups excluding carboxylic acids is 1. The molecule has 0 aliphatic carbocycles. The monoisotopic (exact) mass is 377 g/mol. The van der Waals surface area contributed by atoms with Gasteiger partial charge >= 0.3 is 5.97 Å². The maximum atomic E-state index is 12.1. The molecule has 0 unspecified atom stereocenters. The van der Waals surface area contributed by atoms with E-state index in [9.17, 15) is 9.59 Å². The highest BCUT2D eigenvalue weighted by Crippen LogP contribution is 2.25. The molecule has 0 atom stereocenters. The molecule has 0 aliphatic rings. The first-order chi connectivity index (χ1) is 13.6. The van der Waals surface area contributed by atoms with Crippen LogP contribution in [0.1, 0.15) is 42.2 Å². The second kappa shape index (κ2) is 9.08. The van der Waals surface area contributed by atoms with Crippen molar-refractivity contribution in [2.75, 3.05) is 6.54 Å². The van der Waals surface area contributed by atoms with Crippen molar-refractivity contribution in [2.45, 2.75) is 32.6 Å². The van der Waals surface area contributed by atoms with Crippen LogP contribution in [-0.4, -0.2) is 33.5 Å². The third-order valence-electron chi connectivity index (χ3n) is 4.44. The predicted octanol–water partition coefficient (Wildman–Crippen LogP) is 3.84. The molecule has 144 valence electrons. The molecule has 1 amide bonds. The van der Waals surface area contributed by atoms with Crippen molar-refractivity contribution in [1.82, 2.24) is 15.3 Å². The van der Waals surface area contributed by atoms with Crippen molar-refractivity contribution in [3.63, 3.8) is 0 Å². The van der Waals surface area contributed by atoms with E-state index in [2.05, 4.69) is 5.32 Å². The Bertz CT molecular complexity index is 987. The molecule has 3 aromatic rings. The Kier molecular flexibility index (Phi) is 6.32. The normalized spacial score (nSPS) is 10.8. The zero-order valence-corrected chi connectivity index (χ0v) is 15.8. The number of nitrogens with zero attached hydrogens (tertiary/aromatic N) is 2. The van der Waals surface area contributed by atoms with Crippen LogP contribution in [-0.2, 0) is 11.2 Å². The van der Waals surface area contributed by atoms with Gasteiger partial charge in [-0.05, 0) is 44.4 Å². The molecule has 0 spiro atoms. The van der Waals surface area contributed by atoms with Crippen LogP contribution in [0.3, 0.4) is 0 Å². The van der Waals surface area contributed by atoms with Crippen LogP contribution >= 0.6 is 0 Å². The minimum Gasteiger partial charge on any atom is -0.481 e. The standard InChI is InChI=1S/C22H23N3O3/c1-2-23-22(28)16-12-13-17-19(14-16)24-18(10-6-7-11-20(26)27)21(25-17)15-8-4-3-5-9-15/h3-5,8-9,12-14H,2,6-7,10-11H2,1H3,(H,23,28)(H,26,27). The Balaban J connectivity index is 1.98. The number of nitrogens with one attached hydrogen (secondary N) is 1. The fraction of sp³-hybridized carbons (Fsp3) is 0.273. The zero-order valence-electron chi connectivity index (χ0n) is 15.8. The average Bonchev–Trinajstić information content (AvgIpc) is 2.71. The van der Waals surface area contributed by atoms with Crippen molar-refractivity contribution in [3.8, 4) is 11.3 Å². The van der Waals surface area contributed by atoms with E-state index in [4.69, 9.17) is 15.1 Å². The highest BCUT2D eigenvalue weighted by molar-refractivity contribution is 5.97.